The van der Waals surface area contributed by atoms with Gasteiger partial charge in [0.05, 0.1) is 5.69 Å². The summed E-state index contributed by atoms with van der Waals surface area (Å²) >= 11 is 0. The van der Waals surface area contributed by atoms with E-state index >= 15 is 0 Å². The molecule has 0 atom stereocenters. The first-order valence-corrected chi connectivity index (χ1v) is 5.82. The van der Waals surface area contributed by atoms with E-state index < -0.39 is 0 Å². The van der Waals surface area contributed by atoms with E-state index in [0.717, 1.165) is 31.5 Å². The monoisotopic (exact) mass is 207 g/mol. The van der Waals surface area contributed by atoms with E-state index in [1.807, 2.05) is 12.1 Å². The number of anilines is 1. The van der Waals surface area contributed by atoms with Crippen LogP contribution in [0.4, 0.5) is 10.1 Å². The van der Waals surface area contributed by atoms with Gasteiger partial charge in [0.2, 0.25) is 0 Å². The van der Waals surface area contributed by atoms with Crippen molar-refractivity contribution >= 4 is 5.69 Å². The van der Waals surface area contributed by atoms with Gasteiger partial charge in [-0.3, -0.25) is 0 Å². The lowest BCUT2D eigenvalue weighted by Gasteiger charge is -2.28. The number of fused-ring (bicyclic) bond motifs is 1. The molecule has 0 N–H and O–H groups in total. The SMILES string of the molecule is CCC(CC)N1CCc2cccc(F)c21. The molecule has 1 aliphatic heterocycles. The second-order valence-corrected chi connectivity index (χ2v) is 4.16. The molecule has 1 nitrogen and oxygen atoms in total. The molecule has 1 heterocycles. The van der Waals surface area contributed by atoms with Crippen LogP contribution in [0.1, 0.15) is 32.3 Å². The predicted molar refractivity (Wildman–Crippen MR) is 61.8 cm³/mol. The molecule has 2 heteroatoms. The zero-order valence-corrected chi connectivity index (χ0v) is 9.46. The van der Waals surface area contributed by atoms with Crippen LogP contribution in [0, 0.1) is 5.82 Å². The van der Waals surface area contributed by atoms with Crippen LogP contribution in [0.25, 0.3) is 0 Å². The fourth-order valence-electron chi connectivity index (χ4n) is 2.53. The number of nitrogens with zero attached hydrogens (tertiary/aromatic N) is 1. The lowest BCUT2D eigenvalue weighted by atomic mass is 10.1. The minimum Gasteiger partial charge on any atom is -0.366 e. The maximum Gasteiger partial charge on any atom is 0.146 e. The van der Waals surface area contributed by atoms with Crippen LogP contribution in [-0.2, 0) is 6.42 Å². The van der Waals surface area contributed by atoms with E-state index in [9.17, 15) is 4.39 Å². The van der Waals surface area contributed by atoms with Crippen LogP contribution in [0.2, 0.25) is 0 Å². The van der Waals surface area contributed by atoms with E-state index in [-0.39, 0.29) is 5.82 Å². The fourth-order valence-corrected chi connectivity index (χ4v) is 2.53. The van der Waals surface area contributed by atoms with E-state index in [2.05, 4.69) is 18.7 Å². The molecule has 0 radical (unpaired) electrons. The zero-order chi connectivity index (χ0) is 10.8. The zero-order valence-electron chi connectivity index (χ0n) is 9.46. The molecule has 0 amide bonds. The Kier molecular flexibility index (Phi) is 2.94. The van der Waals surface area contributed by atoms with Gasteiger partial charge in [0.25, 0.3) is 0 Å². The molecule has 82 valence electrons. The maximum absolute atomic E-state index is 13.7. The number of hydrogen-bond donors (Lipinski definition) is 0. The van der Waals surface area contributed by atoms with E-state index in [1.54, 1.807) is 6.07 Å². The van der Waals surface area contributed by atoms with Crippen molar-refractivity contribution in [2.45, 2.75) is 39.2 Å². The summed E-state index contributed by atoms with van der Waals surface area (Å²) in [4.78, 5) is 2.24. The summed E-state index contributed by atoms with van der Waals surface area (Å²) in [5.41, 5.74) is 2.02. The van der Waals surface area contributed by atoms with Crippen molar-refractivity contribution in [3.05, 3.63) is 29.6 Å². The predicted octanol–water partition coefficient (Wildman–Crippen LogP) is 3.38. The normalized spacial score (nSPS) is 14.8. The van der Waals surface area contributed by atoms with Gasteiger partial charge >= 0.3 is 0 Å². The van der Waals surface area contributed by atoms with Gasteiger partial charge in [-0.2, -0.15) is 0 Å². The van der Waals surface area contributed by atoms with Crippen LogP contribution >= 0.6 is 0 Å². The summed E-state index contributed by atoms with van der Waals surface area (Å²) in [5, 5.41) is 0. The standard InChI is InChI=1S/C13H18FN/c1-3-11(4-2)15-9-8-10-6-5-7-12(14)13(10)15/h5-7,11H,3-4,8-9H2,1-2H3. The third-order valence-corrected chi connectivity index (χ3v) is 3.36. The molecule has 0 saturated carbocycles. The molecule has 0 aromatic heterocycles. The highest BCUT2D eigenvalue weighted by atomic mass is 19.1. The third-order valence-electron chi connectivity index (χ3n) is 3.36. The van der Waals surface area contributed by atoms with Crippen LogP contribution in [0.15, 0.2) is 18.2 Å². The summed E-state index contributed by atoms with van der Waals surface area (Å²) in [6.45, 7) is 5.32. The first-order chi connectivity index (χ1) is 7.27. The summed E-state index contributed by atoms with van der Waals surface area (Å²) in [7, 11) is 0. The Bertz CT molecular complexity index is 344. The van der Waals surface area contributed by atoms with Gasteiger partial charge in [-0.05, 0) is 30.9 Å². The largest absolute Gasteiger partial charge is 0.366 e. The van der Waals surface area contributed by atoms with Crippen molar-refractivity contribution in [3.8, 4) is 0 Å². The minimum atomic E-state index is -0.0584. The quantitative estimate of drug-likeness (QED) is 0.734. The summed E-state index contributed by atoms with van der Waals surface area (Å²) in [6.07, 6.45) is 3.16. The van der Waals surface area contributed by atoms with Crippen molar-refractivity contribution in [1.82, 2.24) is 0 Å². The first kappa shape index (κ1) is 10.5. The number of para-hydroxylation sites is 1. The molecule has 2 rings (SSSR count). The van der Waals surface area contributed by atoms with Crippen LogP contribution in [0.3, 0.4) is 0 Å². The summed E-state index contributed by atoms with van der Waals surface area (Å²) < 4.78 is 13.7. The highest BCUT2D eigenvalue weighted by Gasteiger charge is 2.26. The lowest BCUT2D eigenvalue weighted by Crippen LogP contribution is -2.33. The maximum atomic E-state index is 13.7. The minimum absolute atomic E-state index is 0.0584. The van der Waals surface area contributed by atoms with Crippen LogP contribution in [0.5, 0.6) is 0 Å². The molecule has 0 unspecified atom stereocenters. The van der Waals surface area contributed by atoms with Gasteiger partial charge in [-0.15, -0.1) is 0 Å². The van der Waals surface area contributed by atoms with Crippen molar-refractivity contribution in [2.75, 3.05) is 11.4 Å². The molecule has 0 bridgehead atoms. The van der Waals surface area contributed by atoms with Gasteiger partial charge in [-0.1, -0.05) is 26.0 Å². The second kappa shape index (κ2) is 4.21. The van der Waals surface area contributed by atoms with Gasteiger partial charge in [0.15, 0.2) is 0 Å². The molecule has 1 aliphatic rings. The fraction of sp³-hybridized carbons (Fsp3) is 0.538. The molecular formula is C13H18FN. The van der Waals surface area contributed by atoms with Crippen molar-refractivity contribution in [1.29, 1.82) is 0 Å². The topological polar surface area (TPSA) is 3.24 Å². The smallest absolute Gasteiger partial charge is 0.146 e. The summed E-state index contributed by atoms with van der Waals surface area (Å²) in [5.74, 6) is -0.0584. The van der Waals surface area contributed by atoms with Gasteiger partial charge in [0, 0.05) is 12.6 Å². The Hall–Kier alpha value is -1.05. The van der Waals surface area contributed by atoms with Crippen LogP contribution < -0.4 is 4.90 Å². The highest BCUT2D eigenvalue weighted by Crippen LogP contribution is 2.33. The van der Waals surface area contributed by atoms with Gasteiger partial charge in [0.1, 0.15) is 5.82 Å². The van der Waals surface area contributed by atoms with Gasteiger partial charge in [-0.25, -0.2) is 4.39 Å². The van der Waals surface area contributed by atoms with Crippen LogP contribution in [-0.4, -0.2) is 12.6 Å². The Morgan fingerprint density at radius 2 is 2.07 bits per heavy atom. The van der Waals surface area contributed by atoms with E-state index in [4.69, 9.17) is 0 Å². The third kappa shape index (κ3) is 1.73. The summed E-state index contributed by atoms with van der Waals surface area (Å²) in [6, 6.07) is 5.91. The van der Waals surface area contributed by atoms with E-state index in [0.29, 0.717) is 6.04 Å². The molecule has 1 aromatic carbocycles. The number of benzene rings is 1. The number of halogens is 1. The first-order valence-electron chi connectivity index (χ1n) is 5.82. The Morgan fingerprint density at radius 1 is 1.33 bits per heavy atom. The lowest BCUT2D eigenvalue weighted by molar-refractivity contribution is 0.553. The number of hydrogen-bond acceptors (Lipinski definition) is 1. The second-order valence-electron chi connectivity index (χ2n) is 4.16. The number of rotatable bonds is 3. The Morgan fingerprint density at radius 3 is 2.73 bits per heavy atom. The molecule has 0 spiro atoms. The average molecular weight is 207 g/mol. The Balaban J connectivity index is 2.34. The molecule has 0 saturated heterocycles. The van der Waals surface area contributed by atoms with Crippen molar-refractivity contribution in [2.24, 2.45) is 0 Å². The van der Waals surface area contributed by atoms with Crippen molar-refractivity contribution < 1.29 is 4.39 Å². The van der Waals surface area contributed by atoms with E-state index in [1.165, 1.54) is 5.56 Å². The molecule has 0 aliphatic carbocycles. The Labute approximate surface area is 90.9 Å². The van der Waals surface area contributed by atoms with Crippen molar-refractivity contribution in [3.63, 3.8) is 0 Å². The highest BCUT2D eigenvalue weighted by molar-refractivity contribution is 5.59. The molecule has 0 fully saturated rings. The molecule has 1 aromatic rings. The molecular weight excluding hydrogens is 189 g/mol. The molecule has 15 heavy (non-hydrogen) atoms. The average Bonchev–Trinajstić information content (AvgIpc) is 2.66. The van der Waals surface area contributed by atoms with Gasteiger partial charge < -0.3 is 4.90 Å².